The molecule has 1 N–H and O–H groups in total. The van der Waals surface area contributed by atoms with E-state index in [-0.39, 0.29) is 5.97 Å². The molecule has 0 aliphatic heterocycles. The Kier molecular flexibility index (Phi) is 4.11. The number of para-hydroxylation sites is 1. The number of carbonyl (C=O) groups excluding carboxylic acids is 1. The van der Waals surface area contributed by atoms with Crippen molar-refractivity contribution in [3.8, 4) is 0 Å². The zero-order chi connectivity index (χ0) is 15.5. The van der Waals surface area contributed by atoms with Crippen molar-refractivity contribution < 1.29 is 13.9 Å². The minimum absolute atomic E-state index is 0.338. The molecule has 0 radical (unpaired) electrons. The predicted molar refractivity (Wildman–Crippen MR) is 87.4 cm³/mol. The first-order chi connectivity index (χ1) is 10.7. The Bertz CT molecular complexity index is 829. The van der Waals surface area contributed by atoms with Crippen molar-refractivity contribution in [3.63, 3.8) is 0 Å². The number of halogens is 1. The molecule has 3 rings (SSSR count). The largest absolute Gasteiger partial charge is 0.462 e. The standard InChI is InChI=1S/C16H13BrN2O3/c1-2-21-15(20)10-7-8-14-13(9-10)19-16(22-14)18-12-6-4-3-5-11(12)17/h3-9H,2H2,1H3,(H,18,19). The lowest BCUT2D eigenvalue weighted by molar-refractivity contribution is 0.0526. The van der Waals surface area contributed by atoms with Gasteiger partial charge < -0.3 is 14.5 Å². The van der Waals surface area contributed by atoms with Gasteiger partial charge in [-0.15, -0.1) is 0 Å². The molecular weight excluding hydrogens is 348 g/mol. The highest BCUT2D eigenvalue weighted by molar-refractivity contribution is 9.10. The van der Waals surface area contributed by atoms with Gasteiger partial charge in [0.05, 0.1) is 17.9 Å². The molecule has 0 saturated heterocycles. The minimum Gasteiger partial charge on any atom is -0.462 e. The van der Waals surface area contributed by atoms with E-state index in [1.807, 2.05) is 24.3 Å². The molecule has 0 bridgehead atoms. The van der Waals surface area contributed by atoms with Crippen molar-refractivity contribution in [2.75, 3.05) is 11.9 Å². The van der Waals surface area contributed by atoms with Crippen LogP contribution < -0.4 is 5.32 Å². The second-order valence-corrected chi connectivity index (χ2v) is 5.38. The van der Waals surface area contributed by atoms with Crippen molar-refractivity contribution in [2.24, 2.45) is 0 Å². The molecule has 0 spiro atoms. The molecule has 0 aliphatic rings. The van der Waals surface area contributed by atoms with Crippen LogP contribution in [0.5, 0.6) is 0 Å². The van der Waals surface area contributed by atoms with Crippen LogP contribution >= 0.6 is 15.9 Å². The molecule has 112 valence electrons. The smallest absolute Gasteiger partial charge is 0.338 e. The zero-order valence-corrected chi connectivity index (χ0v) is 13.4. The van der Waals surface area contributed by atoms with E-state index in [9.17, 15) is 4.79 Å². The molecule has 2 aromatic carbocycles. The molecular formula is C16H13BrN2O3. The number of nitrogens with one attached hydrogen (secondary N) is 1. The van der Waals surface area contributed by atoms with E-state index >= 15 is 0 Å². The fourth-order valence-corrected chi connectivity index (χ4v) is 2.38. The van der Waals surface area contributed by atoms with Gasteiger partial charge >= 0.3 is 5.97 Å². The summed E-state index contributed by atoms with van der Waals surface area (Å²) in [5.41, 5.74) is 2.50. The number of carbonyl (C=O) groups is 1. The van der Waals surface area contributed by atoms with Gasteiger partial charge in [-0.2, -0.15) is 4.98 Å². The summed E-state index contributed by atoms with van der Waals surface area (Å²) >= 11 is 3.45. The van der Waals surface area contributed by atoms with E-state index < -0.39 is 0 Å². The maximum Gasteiger partial charge on any atom is 0.338 e. The summed E-state index contributed by atoms with van der Waals surface area (Å²) in [6, 6.07) is 13.0. The van der Waals surface area contributed by atoms with Gasteiger partial charge in [-0.3, -0.25) is 0 Å². The second kappa shape index (κ2) is 6.19. The number of rotatable bonds is 4. The monoisotopic (exact) mass is 360 g/mol. The molecule has 0 saturated carbocycles. The molecule has 0 amide bonds. The maximum atomic E-state index is 11.7. The molecule has 0 atom stereocenters. The van der Waals surface area contributed by atoms with Crippen LogP contribution in [0.4, 0.5) is 11.7 Å². The predicted octanol–water partition coefficient (Wildman–Crippen LogP) is 4.51. The van der Waals surface area contributed by atoms with Crippen molar-refractivity contribution in [2.45, 2.75) is 6.92 Å². The number of nitrogens with zero attached hydrogens (tertiary/aromatic N) is 1. The number of anilines is 2. The van der Waals surface area contributed by atoms with Crippen LogP contribution in [-0.4, -0.2) is 17.6 Å². The highest BCUT2D eigenvalue weighted by atomic mass is 79.9. The Hall–Kier alpha value is -2.34. The summed E-state index contributed by atoms with van der Waals surface area (Å²) in [4.78, 5) is 16.1. The Balaban J connectivity index is 1.90. The third kappa shape index (κ3) is 2.96. The van der Waals surface area contributed by atoms with Gasteiger partial charge in [0.2, 0.25) is 0 Å². The van der Waals surface area contributed by atoms with Crippen LogP contribution in [0.1, 0.15) is 17.3 Å². The minimum atomic E-state index is -0.368. The summed E-state index contributed by atoms with van der Waals surface area (Å²) in [5.74, 6) is -0.368. The SMILES string of the molecule is CCOC(=O)c1ccc2oc(Nc3ccccc3Br)nc2c1. The summed E-state index contributed by atoms with van der Waals surface area (Å²) in [7, 11) is 0. The zero-order valence-electron chi connectivity index (χ0n) is 11.8. The molecule has 6 heteroatoms. The molecule has 3 aromatic rings. The van der Waals surface area contributed by atoms with Crippen molar-refractivity contribution in [1.82, 2.24) is 4.98 Å². The molecule has 22 heavy (non-hydrogen) atoms. The molecule has 1 aromatic heterocycles. The molecule has 0 aliphatic carbocycles. The van der Waals surface area contributed by atoms with Gasteiger partial charge in [-0.25, -0.2) is 4.79 Å². The number of benzene rings is 2. The number of hydrogen-bond acceptors (Lipinski definition) is 5. The van der Waals surface area contributed by atoms with Crippen molar-refractivity contribution in [1.29, 1.82) is 0 Å². The van der Waals surface area contributed by atoms with Gasteiger partial charge in [0.15, 0.2) is 5.58 Å². The lowest BCUT2D eigenvalue weighted by atomic mass is 10.2. The van der Waals surface area contributed by atoms with Crippen LogP contribution in [0.25, 0.3) is 11.1 Å². The average Bonchev–Trinajstić information content (AvgIpc) is 2.91. The lowest BCUT2D eigenvalue weighted by Gasteiger charge is -2.02. The van der Waals surface area contributed by atoms with Crippen LogP contribution in [0.15, 0.2) is 51.4 Å². The Morgan fingerprint density at radius 2 is 2.14 bits per heavy atom. The van der Waals surface area contributed by atoms with Gasteiger partial charge in [0, 0.05) is 4.47 Å². The van der Waals surface area contributed by atoms with Crippen molar-refractivity contribution in [3.05, 3.63) is 52.5 Å². The van der Waals surface area contributed by atoms with Gasteiger partial charge in [-0.1, -0.05) is 12.1 Å². The van der Waals surface area contributed by atoms with Crippen LogP contribution in [0.2, 0.25) is 0 Å². The average molecular weight is 361 g/mol. The third-order valence-corrected chi connectivity index (χ3v) is 3.71. The summed E-state index contributed by atoms with van der Waals surface area (Å²) < 4.78 is 11.5. The van der Waals surface area contributed by atoms with Crippen molar-refractivity contribution >= 4 is 44.7 Å². The lowest BCUT2D eigenvalue weighted by Crippen LogP contribution is -2.03. The van der Waals surface area contributed by atoms with Gasteiger partial charge in [0.1, 0.15) is 5.52 Å². The fraction of sp³-hybridized carbons (Fsp3) is 0.125. The first-order valence-electron chi connectivity index (χ1n) is 6.76. The summed E-state index contributed by atoms with van der Waals surface area (Å²) in [6.45, 7) is 2.11. The van der Waals surface area contributed by atoms with Crippen LogP contribution in [-0.2, 0) is 4.74 Å². The first-order valence-corrected chi connectivity index (χ1v) is 7.56. The number of fused-ring (bicyclic) bond motifs is 1. The maximum absolute atomic E-state index is 11.7. The molecule has 0 unspecified atom stereocenters. The van der Waals surface area contributed by atoms with E-state index in [4.69, 9.17) is 9.15 Å². The van der Waals surface area contributed by atoms with E-state index in [1.165, 1.54) is 0 Å². The van der Waals surface area contributed by atoms with E-state index in [0.717, 1.165) is 10.2 Å². The molecule has 5 nitrogen and oxygen atoms in total. The summed E-state index contributed by atoms with van der Waals surface area (Å²) in [5, 5.41) is 3.09. The topological polar surface area (TPSA) is 64.4 Å². The Morgan fingerprint density at radius 1 is 1.32 bits per heavy atom. The number of aromatic nitrogens is 1. The van der Waals surface area contributed by atoms with Gasteiger partial charge in [-0.05, 0) is 53.2 Å². The quantitative estimate of drug-likeness (QED) is 0.693. The number of esters is 1. The van der Waals surface area contributed by atoms with Crippen LogP contribution in [0.3, 0.4) is 0 Å². The second-order valence-electron chi connectivity index (χ2n) is 4.53. The molecule has 0 fully saturated rings. The third-order valence-electron chi connectivity index (χ3n) is 3.01. The first kappa shape index (κ1) is 14.6. The molecule has 1 heterocycles. The number of oxazole rings is 1. The fourth-order valence-electron chi connectivity index (χ4n) is 2.00. The number of hydrogen-bond donors (Lipinski definition) is 1. The Morgan fingerprint density at radius 3 is 2.91 bits per heavy atom. The van der Waals surface area contributed by atoms with Gasteiger partial charge in [0.25, 0.3) is 6.01 Å². The highest BCUT2D eigenvalue weighted by Gasteiger charge is 2.12. The van der Waals surface area contributed by atoms with E-state index in [0.29, 0.717) is 29.3 Å². The number of ether oxygens (including phenoxy) is 1. The van der Waals surface area contributed by atoms with Crippen LogP contribution in [0, 0.1) is 0 Å². The highest BCUT2D eigenvalue weighted by Crippen LogP contribution is 2.27. The van der Waals surface area contributed by atoms with E-state index in [1.54, 1.807) is 25.1 Å². The van der Waals surface area contributed by atoms with E-state index in [2.05, 4.69) is 26.2 Å². The summed E-state index contributed by atoms with van der Waals surface area (Å²) in [6.07, 6.45) is 0. The Labute approximate surface area is 135 Å². The normalized spacial score (nSPS) is 10.6.